The number of hydrogen-bond acceptors (Lipinski definition) is 4. The molecule has 118 valence electrons. The van der Waals surface area contributed by atoms with Crippen LogP contribution in [0.5, 0.6) is 0 Å². The van der Waals surface area contributed by atoms with Crippen LogP contribution < -0.4 is 10.2 Å². The number of alkyl halides is 3. The lowest BCUT2D eigenvalue weighted by atomic mass is 10.3. The van der Waals surface area contributed by atoms with Gasteiger partial charge in [0.1, 0.15) is 18.1 Å². The number of aromatic nitrogens is 3. The molecule has 2 aromatic rings. The predicted octanol–water partition coefficient (Wildman–Crippen LogP) is 2.16. The van der Waals surface area contributed by atoms with E-state index in [0.29, 0.717) is 16.2 Å². The number of rotatable bonds is 4. The summed E-state index contributed by atoms with van der Waals surface area (Å²) in [6.07, 6.45) is -1.80. The van der Waals surface area contributed by atoms with Crippen molar-refractivity contribution in [1.82, 2.24) is 14.8 Å². The molecule has 0 saturated carbocycles. The van der Waals surface area contributed by atoms with Crippen molar-refractivity contribution in [3.8, 4) is 0 Å². The van der Waals surface area contributed by atoms with Gasteiger partial charge in [0.25, 0.3) is 5.91 Å². The average Bonchev–Trinajstić information content (AvgIpc) is 2.84. The maximum Gasteiger partial charge on any atom is 0.408 e. The third-order valence-electron chi connectivity index (χ3n) is 2.74. The lowest BCUT2D eigenvalue weighted by Crippen LogP contribution is -2.24. The van der Waals surface area contributed by atoms with Crippen LogP contribution in [0.25, 0.3) is 0 Å². The SMILES string of the molecule is CN(C)c1cc(NC(=O)c2ccnn2CC(F)(F)F)ccn1. The third-order valence-corrected chi connectivity index (χ3v) is 2.74. The highest BCUT2D eigenvalue weighted by atomic mass is 19.4. The molecule has 0 aromatic carbocycles. The zero-order valence-electron chi connectivity index (χ0n) is 11.9. The number of amides is 1. The summed E-state index contributed by atoms with van der Waals surface area (Å²) in [7, 11) is 3.57. The fraction of sp³-hybridized carbons (Fsp3) is 0.308. The van der Waals surface area contributed by atoms with Crippen molar-refractivity contribution in [3.05, 3.63) is 36.3 Å². The van der Waals surface area contributed by atoms with Crippen LogP contribution in [0.1, 0.15) is 10.5 Å². The Morgan fingerprint density at radius 2 is 2.05 bits per heavy atom. The summed E-state index contributed by atoms with van der Waals surface area (Å²) in [6.45, 7) is -1.32. The Kier molecular flexibility index (Phi) is 4.34. The molecule has 0 atom stereocenters. The molecule has 0 saturated heterocycles. The molecule has 0 aliphatic rings. The van der Waals surface area contributed by atoms with Gasteiger partial charge in [-0.25, -0.2) is 4.98 Å². The van der Waals surface area contributed by atoms with Crippen molar-refractivity contribution < 1.29 is 18.0 Å². The number of pyridine rings is 1. The second-order valence-corrected chi connectivity index (χ2v) is 4.74. The average molecular weight is 313 g/mol. The molecule has 0 aliphatic heterocycles. The summed E-state index contributed by atoms with van der Waals surface area (Å²) in [6, 6.07) is 4.40. The predicted molar refractivity (Wildman–Crippen MR) is 74.8 cm³/mol. The van der Waals surface area contributed by atoms with Gasteiger partial charge >= 0.3 is 6.18 Å². The molecule has 6 nitrogen and oxygen atoms in total. The maximum atomic E-state index is 12.4. The second-order valence-electron chi connectivity index (χ2n) is 4.74. The molecule has 0 fully saturated rings. The van der Waals surface area contributed by atoms with Crippen LogP contribution in [0.4, 0.5) is 24.7 Å². The third kappa shape index (κ3) is 3.96. The molecule has 0 unspecified atom stereocenters. The molecular formula is C13H14F3N5O. The highest BCUT2D eigenvalue weighted by molar-refractivity contribution is 6.03. The molecule has 1 amide bonds. The summed E-state index contributed by atoms with van der Waals surface area (Å²) in [5.41, 5.74) is 0.268. The molecule has 0 radical (unpaired) electrons. The van der Waals surface area contributed by atoms with E-state index >= 15 is 0 Å². The van der Waals surface area contributed by atoms with Gasteiger partial charge in [0, 0.05) is 38.2 Å². The van der Waals surface area contributed by atoms with Crippen molar-refractivity contribution >= 4 is 17.4 Å². The first-order valence-electron chi connectivity index (χ1n) is 6.29. The van der Waals surface area contributed by atoms with Crippen molar-refractivity contribution in [2.75, 3.05) is 24.3 Å². The lowest BCUT2D eigenvalue weighted by Gasteiger charge is -2.13. The minimum Gasteiger partial charge on any atom is -0.363 e. The number of nitrogens with one attached hydrogen (secondary N) is 1. The largest absolute Gasteiger partial charge is 0.408 e. The maximum absolute atomic E-state index is 12.4. The number of anilines is 2. The highest BCUT2D eigenvalue weighted by Crippen LogP contribution is 2.19. The van der Waals surface area contributed by atoms with Gasteiger partial charge in [0.15, 0.2) is 0 Å². The zero-order chi connectivity index (χ0) is 16.3. The second kappa shape index (κ2) is 6.04. The summed E-state index contributed by atoms with van der Waals surface area (Å²) in [5.74, 6) is -0.0562. The standard InChI is InChI=1S/C13H14F3N5O/c1-20(2)11-7-9(3-5-17-11)19-12(22)10-4-6-18-21(10)8-13(14,15)16/h3-7H,8H2,1-2H3,(H,17,19,22). The van der Waals surface area contributed by atoms with Gasteiger partial charge in [-0.1, -0.05) is 0 Å². The topological polar surface area (TPSA) is 63.1 Å². The van der Waals surface area contributed by atoms with Gasteiger partial charge in [-0.15, -0.1) is 0 Å². The molecular weight excluding hydrogens is 299 g/mol. The Hall–Kier alpha value is -2.58. The Bertz CT molecular complexity index is 666. The first-order chi connectivity index (χ1) is 10.3. The Morgan fingerprint density at radius 3 is 2.68 bits per heavy atom. The number of nitrogens with zero attached hydrogens (tertiary/aromatic N) is 4. The van der Waals surface area contributed by atoms with E-state index < -0.39 is 18.6 Å². The van der Waals surface area contributed by atoms with Gasteiger partial charge in [-0.2, -0.15) is 18.3 Å². The van der Waals surface area contributed by atoms with Crippen LogP contribution in [0.3, 0.4) is 0 Å². The lowest BCUT2D eigenvalue weighted by molar-refractivity contribution is -0.142. The van der Waals surface area contributed by atoms with E-state index in [1.54, 1.807) is 31.1 Å². The molecule has 2 aromatic heterocycles. The molecule has 9 heteroatoms. The molecule has 2 rings (SSSR count). The van der Waals surface area contributed by atoms with Crippen molar-refractivity contribution in [2.45, 2.75) is 12.7 Å². The fourth-order valence-corrected chi connectivity index (χ4v) is 1.76. The quantitative estimate of drug-likeness (QED) is 0.939. The summed E-state index contributed by atoms with van der Waals surface area (Å²) in [5, 5.41) is 6.06. The fourth-order valence-electron chi connectivity index (χ4n) is 1.76. The number of hydrogen-bond donors (Lipinski definition) is 1. The minimum absolute atomic E-state index is 0.166. The number of halogens is 3. The van der Waals surface area contributed by atoms with Crippen LogP contribution in [0.2, 0.25) is 0 Å². The van der Waals surface area contributed by atoms with Crippen LogP contribution in [-0.4, -0.2) is 40.9 Å². The Balaban J connectivity index is 2.16. The van der Waals surface area contributed by atoms with Crippen LogP contribution in [-0.2, 0) is 6.54 Å². The van der Waals surface area contributed by atoms with E-state index in [1.165, 1.54) is 12.3 Å². The summed E-state index contributed by atoms with van der Waals surface area (Å²) in [4.78, 5) is 17.9. The van der Waals surface area contributed by atoms with E-state index in [2.05, 4.69) is 15.4 Å². The zero-order valence-corrected chi connectivity index (χ0v) is 11.9. The highest BCUT2D eigenvalue weighted by Gasteiger charge is 2.30. The van der Waals surface area contributed by atoms with Gasteiger partial charge in [0.05, 0.1) is 0 Å². The van der Waals surface area contributed by atoms with Crippen LogP contribution >= 0.6 is 0 Å². The number of carbonyl (C=O) groups excluding carboxylic acids is 1. The van der Waals surface area contributed by atoms with Crippen LogP contribution in [0, 0.1) is 0 Å². The molecule has 2 heterocycles. The molecule has 0 bridgehead atoms. The van der Waals surface area contributed by atoms with E-state index in [0.717, 1.165) is 6.20 Å². The van der Waals surface area contributed by atoms with Crippen LogP contribution in [0.15, 0.2) is 30.6 Å². The van der Waals surface area contributed by atoms with Crippen molar-refractivity contribution in [2.24, 2.45) is 0 Å². The minimum atomic E-state index is -4.45. The normalized spacial score (nSPS) is 11.3. The van der Waals surface area contributed by atoms with Gasteiger partial charge in [-0.05, 0) is 12.1 Å². The van der Waals surface area contributed by atoms with Crippen molar-refractivity contribution in [3.63, 3.8) is 0 Å². The summed E-state index contributed by atoms with van der Waals surface area (Å²) < 4.78 is 37.9. The molecule has 22 heavy (non-hydrogen) atoms. The Morgan fingerprint density at radius 1 is 1.32 bits per heavy atom. The van der Waals surface area contributed by atoms with E-state index in [4.69, 9.17) is 0 Å². The molecule has 0 spiro atoms. The van der Waals surface area contributed by atoms with E-state index in [9.17, 15) is 18.0 Å². The van der Waals surface area contributed by atoms with Crippen molar-refractivity contribution in [1.29, 1.82) is 0 Å². The smallest absolute Gasteiger partial charge is 0.363 e. The first-order valence-corrected chi connectivity index (χ1v) is 6.29. The summed E-state index contributed by atoms with van der Waals surface area (Å²) >= 11 is 0. The van der Waals surface area contributed by atoms with Gasteiger partial charge < -0.3 is 10.2 Å². The molecule has 0 aliphatic carbocycles. The first kappa shape index (κ1) is 15.8. The van der Waals surface area contributed by atoms with Gasteiger partial charge in [0.2, 0.25) is 0 Å². The number of carbonyl (C=O) groups is 1. The van der Waals surface area contributed by atoms with Gasteiger partial charge in [-0.3, -0.25) is 9.48 Å². The van der Waals surface area contributed by atoms with E-state index in [1.807, 2.05) is 0 Å². The van der Waals surface area contributed by atoms with E-state index in [-0.39, 0.29) is 5.69 Å². The Labute approximate surface area is 124 Å². The molecule has 1 N–H and O–H groups in total. The monoisotopic (exact) mass is 313 g/mol.